The lowest BCUT2D eigenvalue weighted by Crippen LogP contribution is -2.19. The summed E-state index contributed by atoms with van der Waals surface area (Å²) in [7, 11) is 0. The molecule has 23 heavy (non-hydrogen) atoms. The first-order chi connectivity index (χ1) is 11.3. The van der Waals surface area contributed by atoms with E-state index in [-0.39, 0.29) is 5.91 Å². The fraction of sp³-hybridized carbons (Fsp3) is 0.0556. The highest BCUT2D eigenvalue weighted by atomic mass is 16.1. The molecule has 5 nitrogen and oxygen atoms in total. The predicted octanol–water partition coefficient (Wildman–Crippen LogP) is 2.60. The second-order valence-corrected chi connectivity index (χ2v) is 4.97. The number of pyridine rings is 1. The number of amides is 1. The molecule has 114 valence electrons. The highest BCUT2D eigenvalue weighted by Crippen LogP contribution is 2.07. The van der Waals surface area contributed by atoms with Crippen molar-refractivity contribution in [1.82, 2.24) is 20.1 Å². The largest absolute Gasteiger partial charge is 0.348 e. The minimum Gasteiger partial charge on any atom is -0.348 e. The number of hydrogen-bond donors (Lipinski definition) is 1. The Morgan fingerprint density at radius 3 is 2.78 bits per heavy atom. The lowest BCUT2D eigenvalue weighted by Gasteiger charge is -2.00. The van der Waals surface area contributed by atoms with Crippen molar-refractivity contribution >= 4 is 12.0 Å². The monoisotopic (exact) mass is 304 g/mol. The van der Waals surface area contributed by atoms with Gasteiger partial charge in [0.25, 0.3) is 0 Å². The molecular weight excluding hydrogens is 288 g/mol. The van der Waals surface area contributed by atoms with Crippen LogP contribution < -0.4 is 5.32 Å². The third-order valence-electron chi connectivity index (χ3n) is 3.24. The van der Waals surface area contributed by atoms with E-state index in [1.54, 1.807) is 29.3 Å². The molecule has 0 radical (unpaired) electrons. The molecule has 0 fully saturated rings. The van der Waals surface area contributed by atoms with Crippen LogP contribution in [-0.2, 0) is 11.3 Å². The van der Waals surface area contributed by atoms with Gasteiger partial charge in [-0.1, -0.05) is 24.3 Å². The number of carbonyl (C=O) groups is 1. The van der Waals surface area contributed by atoms with Crippen LogP contribution in [0.2, 0.25) is 0 Å². The van der Waals surface area contributed by atoms with E-state index in [0.29, 0.717) is 6.54 Å². The van der Waals surface area contributed by atoms with Crippen molar-refractivity contribution in [2.75, 3.05) is 0 Å². The number of nitrogens with one attached hydrogen (secondary N) is 1. The van der Waals surface area contributed by atoms with E-state index in [2.05, 4.69) is 15.4 Å². The number of carbonyl (C=O) groups excluding carboxylic acids is 1. The fourth-order valence-electron chi connectivity index (χ4n) is 2.07. The first-order valence-corrected chi connectivity index (χ1v) is 7.26. The van der Waals surface area contributed by atoms with Crippen LogP contribution in [0, 0.1) is 0 Å². The molecule has 3 rings (SSSR count). The standard InChI is InChI=1S/C18H16N4O/c23-18(9-8-15-5-4-10-19-11-15)20-12-16-13-21-22(14-16)17-6-2-1-3-7-17/h1-11,13-14H,12H2,(H,20,23)/b9-8+. The Bertz CT molecular complexity index is 794. The molecule has 0 aliphatic rings. The number of para-hydroxylation sites is 1. The van der Waals surface area contributed by atoms with Crippen LogP contribution in [0.3, 0.4) is 0 Å². The van der Waals surface area contributed by atoms with Crippen LogP contribution >= 0.6 is 0 Å². The molecule has 1 amide bonds. The molecule has 0 saturated carbocycles. The Morgan fingerprint density at radius 1 is 1.13 bits per heavy atom. The van der Waals surface area contributed by atoms with Gasteiger partial charge in [-0.05, 0) is 29.8 Å². The fourth-order valence-corrected chi connectivity index (χ4v) is 2.07. The summed E-state index contributed by atoms with van der Waals surface area (Å²) in [4.78, 5) is 15.8. The number of rotatable bonds is 5. The van der Waals surface area contributed by atoms with E-state index >= 15 is 0 Å². The molecule has 0 saturated heterocycles. The van der Waals surface area contributed by atoms with Gasteiger partial charge in [0.15, 0.2) is 0 Å². The van der Waals surface area contributed by atoms with Gasteiger partial charge in [-0.2, -0.15) is 5.10 Å². The zero-order valence-electron chi connectivity index (χ0n) is 12.5. The van der Waals surface area contributed by atoms with Gasteiger partial charge in [0.1, 0.15) is 0 Å². The van der Waals surface area contributed by atoms with E-state index in [1.807, 2.05) is 48.7 Å². The third kappa shape index (κ3) is 4.14. The van der Waals surface area contributed by atoms with Gasteiger partial charge in [-0.3, -0.25) is 9.78 Å². The van der Waals surface area contributed by atoms with Crippen molar-refractivity contribution in [1.29, 1.82) is 0 Å². The smallest absolute Gasteiger partial charge is 0.244 e. The van der Waals surface area contributed by atoms with Crippen molar-refractivity contribution < 1.29 is 4.79 Å². The van der Waals surface area contributed by atoms with Crippen LogP contribution in [0.5, 0.6) is 0 Å². The zero-order valence-corrected chi connectivity index (χ0v) is 12.5. The summed E-state index contributed by atoms with van der Waals surface area (Å²) >= 11 is 0. The Morgan fingerprint density at radius 2 is 2.00 bits per heavy atom. The predicted molar refractivity (Wildman–Crippen MR) is 88.7 cm³/mol. The molecule has 0 aliphatic carbocycles. The molecule has 1 aromatic carbocycles. The maximum Gasteiger partial charge on any atom is 0.244 e. The highest BCUT2D eigenvalue weighted by Gasteiger charge is 2.02. The van der Waals surface area contributed by atoms with Crippen LogP contribution in [-0.4, -0.2) is 20.7 Å². The molecule has 2 heterocycles. The topological polar surface area (TPSA) is 59.8 Å². The van der Waals surface area contributed by atoms with Crippen LogP contribution in [0.1, 0.15) is 11.1 Å². The van der Waals surface area contributed by atoms with Crippen molar-refractivity contribution in [3.8, 4) is 5.69 Å². The lowest BCUT2D eigenvalue weighted by atomic mass is 10.2. The number of aromatic nitrogens is 3. The normalized spacial score (nSPS) is 10.8. The molecule has 3 aromatic rings. The maximum atomic E-state index is 11.8. The molecule has 0 bridgehead atoms. The maximum absolute atomic E-state index is 11.8. The summed E-state index contributed by atoms with van der Waals surface area (Å²) in [5, 5.41) is 7.13. The molecule has 0 spiro atoms. The van der Waals surface area contributed by atoms with Crippen LogP contribution in [0.25, 0.3) is 11.8 Å². The molecule has 0 aliphatic heterocycles. The number of benzene rings is 1. The van der Waals surface area contributed by atoms with Gasteiger partial charge in [0.05, 0.1) is 11.9 Å². The quantitative estimate of drug-likeness (QED) is 0.737. The van der Waals surface area contributed by atoms with Gasteiger partial charge < -0.3 is 5.32 Å². The molecule has 5 heteroatoms. The lowest BCUT2D eigenvalue weighted by molar-refractivity contribution is -0.116. The summed E-state index contributed by atoms with van der Waals surface area (Å²) in [6, 6.07) is 13.6. The van der Waals surface area contributed by atoms with Crippen LogP contribution in [0.4, 0.5) is 0 Å². The Kier molecular flexibility index (Phi) is 4.59. The third-order valence-corrected chi connectivity index (χ3v) is 3.24. The Hall–Kier alpha value is -3.21. The summed E-state index contributed by atoms with van der Waals surface area (Å²) in [5.41, 5.74) is 2.82. The Labute approximate surface area is 134 Å². The zero-order chi connectivity index (χ0) is 15.9. The minimum absolute atomic E-state index is 0.152. The summed E-state index contributed by atoms with van der Waals surface area (Å²) in [6.07, 6.45) is 10.3. The van der Waals surface area contributed by atoms with Gasteiger partial charge in [0.2, 0.25) is 5.91 Å². The number of hydrogen-bond acceptors (Lipinski definition) is 3. The molecule has 0 unspecified atom stereocenters. The molecule has 2 aromatic heterocycles. The van der Waals surface area contributed by atoms with E-state index in [0.717, 1.165) is 16.8 Å². The summed E-state index contributed by atoms with van der Waals surface area (Å²) < 4.78 is 1.78. The Balaban J connectivity index is 1.55. The average molecular weight is 304 g/mol. The highest BCUT2D eigenvalue weighted by molar-refractivity contribution is 5.91. The van der Waals surface area contributed by atoms with Crippen molar-refractivity contribution in [3.05, 3.63) is 84.5 Å². The second kappa shape index (κ2) is 7.17. The van der Waals surface area contributed by atoms with Crippen LogP contribution in [0.15, 0.2) is 73.3 Å². The summed E-state index contributed by atoms with van der Waals surface area (Å²) in [6.45, 7) is 0.434. The van der Waals surface area contributed by atoms with Gasteiger partial charge in [-0.15, -0.1) is 0 Å². The van der Waals surface area contributed by atoms with Gasteiger partial charge in [-0.25, -0.2) is 4.68 Å². The van der Waals surface area contributed by atoms with Crippen molar-refractivity contribution in [3.63, 3.8) is 0 Å². The van der Waals surface area contributed by atoms with Crippen molar-refractivity contribution in [2.24, 2.45) is 0 Å². The van der Waals surface area contributed by atoms with Gasteiger partial charge in [0, 0.05) is 36.8 Å². The van der Waals surface area contributed by atoms with E-state index in [4.69, 9.17) is 0 Å². The first-order valence-electron chi connectivity index (χ1n) is 7.26. The van der Waals surface area contributed by atoms with E-state index < -0.39 is 0 Å². The van der Waals surface area contributed by atoms with Crippen molar-refractivity contribution in [2.45, 2.75) is 6.54 Å². The summed E-state index contributed by atoms with van der Waals surface area (Å²) in [5.74, 6) is -0.152. The first kappa shape index (κ1) is 14.7. The number of nitrogens with zero attached hydrogens (tertiary/aromatic N) is 3. The SMILES string of the molecule is O=C(/C=C/c1cccnc1)NCc1cnn(-c2ccccc2)c1. The molecule has 0 atom stereocenters. The van der Waals surface area contributed by atoms with E-state index in [1.165, 1.54) is 6.08 Å². The average Bonchev–Trinajstić information content (AvgIpc) is 3.09. The van der Waals surface area contributed by atoms with Gasteiger partial charge >= 0.3 is 0 Å². The molecular formula is C18H16N4O. The minimum atomic E-state index is -0.152. The van der Waals surface area contributed by atoms with E-state index in [9.17, 15) is 4.79 Å². The molecule has 1 N–H and O–H groups in total. The second-order valence-electron chi connectivity index (χ2n) is 4.97.